The molecule has 12 heteroatoms. The Bertz CT molecular complexity index is 1300. The van der Waals surface area contributed by atoms with Gasteiger partial charge in [-0.2, -0.15) is 0 Å². The van der Waals surface area contributed by atoms with Crippen molar-refractivity contribution >= 4 is 29.5 Å². The Labute approximate surface area is 290 Å². The van der Waals surface area contributed by atoms with Crippen molar-refractivity contribution in [2.24, 2.45) is 16.7 Å². The van der Waals surface area contributed by atoms with Crippen LogP contribution in [-0.4, -0.2) is 91.8 Å². The van der Waals surface area contributed by atoms with Gasteiger partial charge >= 0.3 is 5.97 Å². The molecule has 7 atom stereocenters. The Morgan fingerprint density at radius 2 is 1.57 bits per heavy atom. The maximum atomic E-state index is 14.0. The van der Waals surface area contributed by atoms with Gasteiger partial charge in [0.15, 0.2) is 0 Å². The van der Waals surface area contributed by atoms with E-state index in [-0.39, 0.29) is 78.3 Å². The van der Waals surface area contributed by atoms with Crippen molar-refractivity contribution in [1.82, 2.24) is 16.0 Å². The molecule has 6 rings (SSSR count). The number of allylic oxidation sites excluding steroid dienone is 1. The van der Waals surface area contributed by atoms with Gasteiger partial charge < -0.3 is 39.7 Å². The van der Waals surface area contributed by atoms with Crippen molar-refractivity contribution in [2.45, 2.75) is 147 Å². The first kappa shape index (κ1) is 37.4. The lowest BCUT2D eigenvalue weighted by Gasteiger charge is -2.52. The number of methoxy groups -OCH3 is 1. The molecule has 2 aliphatic heterocycles. The summed E-state index contributed by atoms with van der Waals surface area (Å²) in [6.45, 7) is 10.5. The van der Waals surface area contributed by atoms with E-state index < -0.39 is 22.8 Å². The van der Waals surface area contributed by atoms with Crippen LogP contribution in [0.2, 0.25) is 0 Å². The number of hydrogen-bond donors (Lipinski definition) is 3. The molecule has 4 aliphatic carbocycles. The summed E-state index contributed by atoms with van der Waals surface area (Å²) < 4.78 is 23.8. The number of hydrogen-bond acceptors (Lipinski definition) is 9. The zero-order valence-electron chi connectivity index (χ0n) is 30.2. The van der Waals surface area contributed by atoms with Crippen LogP contribution in [0.1, 0.15) is 112 Å². The SMILES string of the molecule is CO[C@H]1[C@H](C2(C)O[C@@H]2CC=C(C)C)[C@]2(CC[C@H]1NC(=O)C13CCC(C(=O)NCCCOC(=O)[C@H](C)NC(=O)CCC(C)=O)(CC1)CC3)CO2. The minimum Gasteiger partial charge on any atom is -0.464 e. The summed E-state index contributed by atoms with van der Waals surface area (Å²) in [6, 6.07) is -0.951. The number of rotatable bonds is 16. The summed E-state index contributed by atoms with van der Waals surface area (Å²) in [6.07, 6.45) is 9.25. The Balaban J connectivity index is 1.06. The number of ether oxygens (including phenoxy) is 4. The molecule has 6 fully saturated rings. The van der Waals surface area contributed by atoms with E-state index in [0.29, 0.717) is 58.1 Å². The van der Waals surface area contributed by atoms with Crippen molar-refractivity contribution in [2.75, 3.05) is 26.9 Å². The second kappa shape index (κ2) is 14.8. The first-order valence-corrected chi connectivity index (χ1v) is 18.2. The molecule has 4 saturated carbocycles. The van der Waals surface area contributed by atoms with E-state index in [1.807, 2.05) is 0 Å². The van der Waals surface area contributed by atoms with Crippen LogP contribution >= 0.6 is 0 Å². The molecule has 0 aromatic carbocycles. The van der Waals surface area contributed by atoms with Crippen molar-refractivity contribution in [3.8, 4) is 0 Å². The average molecular weight is 688 g/mol. The molecule has 6 aliphatic rings. The molecule has 3 amide bonds. The largest absolute Gasteiger partial charge is 0.464 e. The maximum absolute atomic E-state index is 14.0. The van der Waals surface area contributed by atoms with E-state index in [0.717, 1.165) is 19.3 Å². The van der Waals surface area contributed by atoms with Gasteiger partial charge in [0.2, 0.25) is 17.7 Å². The highest BCUT2D eigenvalue weighted by Crippen LogP contribution is 2.60. The molecule has 1 unspecified atom stereocenters. The first-order chi connectivity index (χ1) is 23.2. The molecule has 12 nitrogen and oxygen atoms in total. The van der Waals surface area contributed by atoms with E-state index in [2.05, 4.69) is 42.8 Å². The van der Waals surface area contributed by atoms with E-state index in [1.165, 1.54) is 19.4 Å². The summed E-state index contributed by atoms with van der Waals surface area (Å²) >= 11 is 0. The van der Waals surface area contributed by atoms with Crippen LogP contribution in [0.5, 0.6) is 0 Å². The fourth-order valence-corrected chi connectivity index (χ4v) is 8.75. The van der Waals surface area contributed by atoms with Gasteiger partial charge in [0, 0.05) is 43.2 Å². The third-order valence-corrected chi connectivity index (χ3v) is 12.1. The number of amides is 3. The lowest BCUT2D eigenvalue weighted by Crippen LogP contribution is -2.62. The van der Waals surface area contributed by atoms with Crippen molar-refractivity contribution < 1.29 is 42.9 Å². The van der Waals surface area contributed by atoms with Crippen LogP contribution in [0.25, 0.3) is 0 Å². The first-order valence-electron chi connectivity index (χ1n) is 18.2. The third kappa shape index (κ3) is 8.06. The molecule has 0 aromatic rings. The molecule has 2 saturated heterocycles. The molecule has 1 spiro atoms. The third-order valence-electron chi connectivity index (χ3n) is 12.1. The zero-order valence-corrected chi connectivity index (χ0v) is 30.2. The molecular weight excluding hydrogens is 630 g/mol. The second-order valence-electron chi connectivity index (χ2n) is 15.8. The van der Waals surface area contributed by atoms with E-state index >= 15 is 0 Å². The van der Waals surface area contributed by atoms with Crippen LogP contribution in [-0.2, 0) is 42.9 Å². The number of carbonyl (C=O) groups is 5. The number of esters is 1. The molecule has 2 heterocycles. The van der Waals surface area contributed by atoms with E-state index in [1.54, 1.807) is 7.11 Å². The predicted molar refractivity (Wildman–Crippen MR) is 180 cm³/mol. The van der Waals surface area contributed by atoms with Crippen molar-refractivity contribution in [3.05, 3.63) is 11.6 Å². The molecular formula is C37H57N3O9. The van der Waals surface area contributed by atoms with Gasteiger partial charge in [-0.25, -0.2) is 4.79 Å². The lowest BCUT2D eigenvalue weighted by molar-refractivity contribution is -0.153. The Kier molecular flexibility index (Phi) is 11.3. The van der Waals surface area contributed by atoms with Crippen LogP contribution in [0.15, 0.2) is 11.6 Å². The van der Waals surface area contributed by atoms with Crippen LogP contribution in [0.4, 0.5) is 0 Å². The van der Waals surface area contributed by atoms with E-state index in [9.17, 15) is 24.0 Å². The van der Waals surface area contributed by atoms with Crippen LogP contribution < -0.4 is 16.0 Å². The Hall–Kier alpha value is -2.83. The standard InChI is InChI=1S/C37H57N3O9/c1-23(2)8-10-27-34(5,49-27)30-29(46-6)26(12-13-37(30)22-48-37)40-33(45)36-17-14-35(15-18-36,16-19-36)32(44)38-20-7-21-47-31(43)25(4)39-28(42)11-9-24(3)41/h8,25-27,29-30H,7,9-22H2,1-6H3,(H,38,44)(H,39,42)(H,40,45)/t25-,26+,27+,29+,30+,34?,35?,36?,37-/m0/s1. The number of fused-ring (bicyclic) bond motifs is 3. The normalized spacial score (nSPS) is 36.3. The number of epoxide rings is 2. The zero-order chi connectivity index (χ0) is 35.6. The number of carbonyl (C=O) groups excluding carboxylic acids is 5. The summed E-state index contributed by atoms with van der Waals surface area (Å²) in [5.74, 6) is -0.917. The fraction of sp³-hybridized carbons (Fsp3) is 0.811. The van der Waals surface area contributed by atoms with Crippen molar-refractivity contribution in [3.63, 3.8) is 0 Å². The minimum atomic E-state index is -0.820. The molecule has 3 N–H and O–H groups in total. The molecule has 274 valence electrons. The lowest BCUT2D eigenvalue weighted by atomic mass is 9.53. The van der Waals surface area contributed by atoms with Gasteiger partial charge in [-0.1, -0.05) is 11.6 Å². The smallest absolute Gasteiger partial charge is 0.328 e. The van der Waals surface area contributed by atoms with Gasteiger partial charge in [0.05, 0.1) is 37.1 Å². The minimum absolute atomic E-state index is 0.00304. The quantitative estimate of drug-likeness (QED) is 0.0954. The number of ketones is 1. The highest BCUT2D eigenvalue weighted by Gasteiger charge is 2.72. The van der Waals surface area contributed by atoms with Crippen LogP contribution in [0, 0.1) is 16.7 Å². The summed E-state index contributed by atoms with van der Waals surface area (Å²) in [4.78, 5) is 62.5. The summed E-state index contributed by atoms with van der Waals surface area (Å²) in [5, 5.41) is 9.00. The second-order valence-corrected chi connectivity index (χ2v) is 15.8. The number of Topliss-reactive ketones (excluding diaryl/α,β-unsaturated/α-hetero) is 1. The molecule has 49 heavy (non-hydrogen) atoms. The predicted octanol–water partition coefficient (Wildman–Crippen LogP) is 3.44. The highest BCUT2D eigenvalue weighted by molar-refractivity contribution is 5.88. The summed E-state index contributed by atoms with van der Waals surface area (Å²) in [5.41, 5.74) is -0.282. The fourth-order valence-electron chi connectivity index (χ4n) is 8.75. The van der Waals surface area contributed by atoms with E-state index in [4.69, 9.17) is 18.9 Å². The highest BCUT2D eigenvalue weighted by atomic mass is 16.6. The van der Waals surface area contributed by atoms with Gasteiger partial charge in [-0.3, -0.25) is 14.4 Å². The summed E-state index contributed by atoms with van der Waals surface area (Å²) in [7, 11) is 1.73. The van der Waals surface area contributed by atoms with Gasteiger partial charge in [-0.15, -0.1) is 0 Å². The molecule has 2 bridgehead atoms. The van der Waals surface area contributed by atoms with Gasteiger partial charge in [0.25, 0.3) is 0 Å². The topological polar surface area (TPSA) is 165 Å². The Morgan fingerprint density at radius 3 is 2.14 bits per heavy atom. The van der Waals surface area contributed by atoms with Gasteiger partial charge in [-0.05, 0) is 98.8 Å². The Morgan fingerprint density at radius 1 is 0.939 bits per heavy atom. The molecule has 0 radical (unpaired) electrons. The number of nitrogens with one attached hydrogen (secondary N) is 3. The monoisotopic (exact) mass is 687 g/mol. The molecule has 0 aromatic heterocycles. The van der Waals surface area contributed by atoms with Gasteiger partial charge in [0.1, 0.15) is 17.4 Å². The average Bonchev–Trinajstić information content (AvgIpc) is 4.00. The van der Waals surface area contributed by atoms with Crippen LogP contribution in [0.3, 0.4) is 0 Å². The maximum Gasteiger partial charge on any atom is 0.328 e. The van der Waals surface area contributed by atoms with Crippen molar-refractivity contribution in [1.29, 1.82) is 0 Å².